The van der Waals surface area contributed by atoms with Crippen molar-refractivity contribution in [1.29, 1.82) is 0 Å². The lowest BCUT2D eigenvalue weighted by Gasteiger charge is -2.12. The Balaban J connectivity index is 1.49. The van der Waals surface area contributed by atoms with Gasteiger partial charge < -0.3 is 15.4 Å². The molecular formula is C27H23N5O3. The number of nitrogen functional groups attached to an aromatic ring is 1. The van der Waals surface area contributed by atoms with Crippen molar-refractivity contribution in [1.82, 2.24) is 19.3 Å². The third kappa shape index (κ3) is 4.41. The lowest BCUT2D eigenvalue weighted by Crippen LogP contribution is -2.23. The van der Waals surface area contributed by atoms with Crippen LogP contribution in [0.1, 0.15) is 27.0 Å². The van der Waals surface area contributed by atoms with Crippen LogP contribution < -0.4 is 11.3 Å². The van der Waals surface area contributed by atoms with Crippen molar-refractivity contribution in [3.8, 4) is 11.3 Å². The van der Waals surface area contributed by atoms with E-state index in [2.05, 4.69) is 10.1 Å². The Morgan fingerprint density at radius 3 is 2.57 bits per heavy atom. The zero-order valence-corrected chi connectivity index (χ0v) is 19.0. The van der Waals surface area contributed by atoms with Gasteiger partial charge in [-0.25, -0.2) is 14.5 Å². The van der Waals surface area contributed by atoms with Crippen LogP contribution in [0, 0.1) is 6.92 Å². The Bertz CT molecular complexity index is 1630. The number of benzene rings is 3. The van der Waals surface area contributed by atoms with E-state index in [1.165, 1.54) is 16.8 Å². The van der Waals surface area contributed by atoms with Crippen LogP contribution in [-0.2, 0) is 13.1 Å². The van der Waals surface area contributed by atoms with Crippen molar-refractivity contribution in [2.75, 3.05) is 5.73 Å². The van der Waals surface area contributed by atoms with Crippen LogP contribution in [0.2, 0.25) is 0 Å². The number of rotatable bonds is 6. The predicted octanol–water partition coefficient (Wildman–Crippen LogP) is 3.95. The smallest absolute Gasteiger partial charge is 0.335 e. The number of nitrogens with zero attached hydrogens (tertiary/aromatic N) is 4. The van der Waals surface area contributed by atoms with Gasteiger partial charge in [-0.2, -0.15) is 5.10 Å². The zero-order valence-electron chi connectivity index (χ0n) is 19.0. The molecular weight excluding hydrogens is 442 g/mol. The second kappa shape index (κ2) is 8.90. The van der Waals surface area contributed by atoms with Crippen LogP contribution in [0.25, 0.3) is 22.3 Å². The van der Waals surface area contributed by atoms with Gasteiger partial charge in [0.05, 0.1) is 35.4 Å². The minimum Gasteiger partial charge on any atom is -0.478 e. The molecule has 0 spiro atoms. The fourth-order valence-corrected chi connectivity index (χ4v) is 4.17. The third-order valence-electron chi connectivity index (χ3n) is 5.98. The molecule has 0 radical (unpaired) electrons. The molecule has 0 aliphatic heterocycles. The zero-order chi connectivity index (χ0) is 24.5. The minimum absolute atomic E-state index is 0.168. The molecule has 2 heterocycles. The number of fused-ring (bicyclic) bond motifs is 1. The molecule has 0 aliphatic rings. The van der Waals surface area contributed by atoms with E-state index in [1.807, 2.05) is 54.0 Å². The van der Waals surface area contributed by atoms with E-state index >= 15 is 0 Å². The quantitative estimate of drug-likeness (QED) is 0.392. The van der Waals surface area contributed by atoms with Gasteiger partial charge >= 0.3 is 5.97 Å². The summed E-state index contributed by atoms with van der Waals surface area (Å²) in [5.74, 6) is -0.566. The highest BCUT2D eigenvalue weighted by Crippen LogP contribution is 2.25. The topological polar surface area (TPSA) is 116 Å². The molecule has 0 saturated heterocycles. The van der Waals surface area contributed by atoms with E-state index in [-0.39, 0.29) is 17.7 Å². The van der Waals surface area contributed by atoms with Crippen LogP contribution >= 0.6 is 0 Å². The van der Waals surface area contributed by atoms with Crippen molar-refractivity contribution in [2.24, 2.45) is 0 Å². The van der Waals surface area contributed by atoms with E-state index < -0.39 is 5.97 Å². The first-order valence-corrected chi connectivity index (χ1v) is 11.1. The predicted molar refractivity (Wildman–Crippen MR) is 134 cm³/mol. The van der Waals surface area contributed by atoms with Gasteiger partial charge in [-0.05, 0) is 60.0 Å². The SMILES string of the molecule is Cc1ccc(Cn2c(N)nc3ccccc32)cc1-c1ccc(=O)n(Cc2cccc(C(=O)O)c2)n1. The Labute approximate surface area is 200 Å². The maximum absolute atomic E-state index is 12.5. The molecule has 0 saturated carbocycles. The standard InChI is InChI=1S/C27H23N5O3/c1-17-9-10-19(15-31-24-8-3-2-7-23(24)29-27(31)28)14-21(17)22-11-12-25(33)32(30-22)16-18-5-4-6-20(13-18)26(34)35/h2-14H,15-16H2,1H3,(H2,28,29)(H,34,35). The second-order valence-electron chi connectivity index (χ2n) is 8.41. The number of hydrogen-bond acceptors (Lipinski definition) is 5. The third-order valence-corrected chi connectivity index (χ3v) is 5.98. The number of para-hydroxylation sites is 2. The number of nitrogens with two attached hydrogens (primary N) is 1. The van der Waals surface area contributed by atoms with Gasteiger partial charge in [0.25, 0.3) is 5.56 Å². The lowest BCUT2D eigenvalue weighted by molar-refractivity contribution is 0.0696. The molecule has 0 aliphatic carbocycles. The van der Waals surface area contributed by atoms with Gasteiger partial charge in [0.15, 0.2) is 0 Å². The molecule has 0 atom stereocenters. The van der Waals surface area contributed by atoms with Crippen LogP contribution in [0.15, 0.2) is 83.7 Å². The van der Waals surface area contributed by atoms with Crippen molar-refractivity contribution in [3.05, 3.63) is 111 Å². The van der Waals surface area contributed by atoms with Crippen molar-refractivity contribution >= 4 is 23.0 Å². The molecule has 3 N–H and O–H groups in total. The summed E-state index contributed by atoms with van der Waals surface area (Å²) in [4.78, 5) is 28.2. The average molecular weight is 466 g/mol. The monoisotopic (exact) mass is 465 g/mol. The number of carboxylic acids is 1. The summed E-state index contributed by atoms with van der Waals surface area (Å²) >= 11 is 0. The number of aromatic carboxylic acids is 1. The van der Waals surface area contributed by atoms with Gasteiger partial charge in [0, 0.05) is 11.6 Å². The summed E-state index contributed by atoms with van der Waals surface area (Å²) in [7, 11) is 0. The molecule has 2 aromatic heterocycles. The number of carbonyl (C=O) groups is 1. The number of anilines is 1. The molecule has 0 unspecified atom stereocenters. The maximum atomic E-state index is 12.5. The average Bonchev–Trinajstić information content (AvgIpc) is 3.17. The number of carboxylic acid groups (broad SMARTS) is 1. The first-order chi connectivity index (χ1) is 16.9. The Morgan fingerprint density at radius 2 is 1.74 bits per heavy atom. The summed E-state index contributed by atoms with van der Waals surface area (Å²) in [5, 5.41) is 13.8. The molecule has 3 aromatic carbocycles. The first-order valence-electron chi connectivity index (χ1n) is 11.1. The van der Waals surface area contributed by atoms with Crippen LogP contribution in [0.5, 0.6) is 0 Å². The highest BCUT2D eigenvalue weighted by Gasteiger charge is 2.12. The molecule has 0 fully saturated rings. The van der Waals surface area contributed by atoms with Crippen molar-refractivity contribution < 1.29 is 9.90 Å². The fourth-order valence-electron chi connectivity index (χ4n) is 4.17. The second-order valence-corrected chi connectivity index (χ2v) is 8.41. The Kier molecular flexibility index (Phi) is 5.62. The van der Waals surface area contributed by atoms with Gasteiger partial charge in [0.2, 0.25) is 5.95 Å². The van der Waals surface area contributed by atoms with Gasteiger partial charge in [-0.15, -0.1) is 0 Å². The normalized spacial score (nSPS) is 11.1. The summed E-state index contributed by atoms with van der Waals surface area (Å²) in [5.41, 5.74) is 12.2. The highest BCUT2D eigenvalue weighted by atomic mass is 16.4. The molecule has 0 amide bonds. The van der Waals surface area contributed by atoms with Crippen molar-refractivity contribution in [2.45, 2.75) is 20.0 Å². The van der Waals surface area contributed by atoms with E-state index in [9.17, 15) is 14.7 Å². The van der Waals surface area contributed by atoms with Gasteiger partial charge in [-0.1, -0.05) is 36.4 Å². The molecule has 35 heavy (non-hydrogen) atoms. The van der Waals surface area contributed by atoms with Crippen LogP contribution in [0.4, 0.5) is 5.95 Å². The fraction of sp³-hybridized carbons (Fsp3) is 0.111. The minimum atomic E-state index is -1.01. The molecule has 174 valence electrons. The summed E-state index contributed by atoms with van der Waals surface area (Å²) in [6.45, 7) is 2.71. The van der Waals surface area contributed by atoms with Crippen molar-refractivity contribution in [3.63, 3.8) is 0 Å². The number of imidazole rings is 1. The number of aryl methyl sites for hydroxylation is 1. The van der Waals surface area contributed by atoms with Crippen LogP contribution in [0.3, 0.4) is 0 Å². The first kappa shape index (κ1) is 22.1. The van der Waals surface area contributed by atoms with Crippen LogP contribution in [-0.4, -0.2) is 30.4 Å². The summed E-state index contributed by atoms with van der Waals surface area (Å²) in [6, 6.07) is 23.6. The number of hydrogen-bond donors (Lipinski definition) is 2. The van der Waals surface area contributed by atoms with Gasteiger partial charge in [0.1, 0.15) is 0 Å². The van der Waals surface area contributed by atoms with E-state index in [4.69, 9.17) is 5.73 Å². The maximum Gasteiger partial charge on any atom is 0.335 e. The molecule has 8 nitrogen and oxygen atoms in total. The summed E-state index contributed by atoms with van der Waals surface area (Å²) in [6.07, 6.45) is 0. The van der Waals surface area contributed by atoms with E-state index in [0.29, 0.717) is 23.8 Å². The Hall–Kier alpha value is -4.72. The lowest BCUT2D eigenvalue weighted by atomic mass is 10.0. The largest absolute Gasteiger partial charge is 0.478 e. The van der Waals surface area contributed by atoms with Gasteiger partial charge in [-0.3, -0.25) is 4.79 Å². The highest BCUT2D eigenvalue weighted by molar-refractivity contribution is 5.87. The molecule has 8 heteroatoms. The summed E-state index contributed by atoms with van der Waals surface area (Å²) < 4.78 is 3.32. The van der Waals surface area contributed by atoms with E-state index in [1.54, 1.807) is 24.3 Å². The molecule has 5 aromatic rings. The molecule has 0 bridgehead atoms. The molecule has 5 rings (SSSR count). The van der Waals surface area contributed by atoms with E-state index in [0.717, 1.165) is 27.7 Å². The number of aromatic nitrogens is 4. The Morgan fingerprint density at radius 1 is 0.943 bits per heavy atom.